The maximum absolute atomic E-state index is 11.0. The number of aliphatic hydroxyl groups excluding tert-OH is 3. The van der Waals surface area contributed by atoms with Crippen molar-refractivity contribution in [3.8, 4) is 0 Å². The molecule has 0 aliphatic carbocycles. The van der Waals surface area contributed by atoms with Gasteiger partial charge in [0.1, 0.15) is 24.4 Å². The fourth-order valence-electron chi connectivity index (χ4n) is 2.44. The van der Waals surface area contributed by atoms with Gasteiger partial charge in [-0.2, -0.15) is 0 Å². The molecule has 3 rings (SSSR count). The molecule has 0 saturated carbocycles. The average molecular weight is 310 g/mol. The molecule has 10 nitrogen and oxygen atoms in total. The molecular weight excluding hydrogens is 296 g/mol. The lowest BCUT2D eigenvalue weighted by atomic mass is 9.95. The quantitative estimate of drug-likeness (QED) is 0.482. The molecule has 3 N–H and O–H groups in total. The van der Waals surface area contributed by atoms with Gasteiger partial charge in [-0.1, -0.05) is 0 Å². The highest BCUT2D eigenvalue weighted by atomic mass is 16.6. The van der Waals surface area contributed by atoms with Crippen LogP contribution in [0.5, 0.6) is 0 Å². The maximum atomic E-state index is 11.0. The van der Waals surface area contributed by atoms with E-state index in [0.29, 0.717) is 0 Å². The second kappa shape index (κ2) is 5.25. The van der Waals surface area contributed by atoms with Crippen LogP contribution in [0.4, 0.5) is 5.69 Å². The van der Waals surface area contributed by atoms with Crippen LogP contribution in [-0.4, -0.2) is 59.3 Å². The third kappa shape index (κ3) is 2.22. The Morgan fingerprint density at radius 2 is 2.05 bits per heavy atom. The van der Waals surface area contributed by atoms with Crippen LogP contribution in [0, 0.1) is 10.1 Å². The molecule has 1 aliphatic rings. The molecule has 0 unspecified atom stereocenters. The Kier molecular flexibility index (Phi) is 3.53. The fourth-order valence-corrected chi connectivity index (χ4v) is 2.44. The highest BCUT2D eigenvalue weighted by molar-refractivity contribution is 5.58. The van der Waals surface area contributed by atoms with Crippen molar-refractivity contribution in [3.05, 3.63) is 34.3 Å². The molecule has 5 atom stereocenters. The molecule has 0 radical (unpaired) electrons. The average Bonchev–Trinajstić information content (AvgIpc) is 2.92. The molecule has 0 amide bonds. The van der Waals surface area contributed by atoms with Crippen molar-refractivity contribution in [2.75, 3.05) is 0 Å². The summed E-state index contributed by atoms with van der Waals surface area (Å²) in [6.07, 6.45) is -4.46. The summed E-state index contributed by atoms with van der Waals surface area (Å²) in [6.45, 7) is 1.53. The van der Waals surface area contributed by atoms with Gasteiger partial charge in [-0.05, 0) is 13.0 Å². The number of hydrogen-bond donors (Lipinski definition) is 3. The van der Waals surface area contributed by atoms with Gasteiger partial charge in [-0.15, -0.1) is 5.10 Å². The maximum Gasteiger partial charge on any atom is 0.313 e. The topological polar surface area (TPSA) is 143 Å². The van der Waals surface area contributed by atoms with Crippen LogP contribution in [0.1, 0.15) is 18.9 Å². The van der Waals surface area contributed by atoms with Crippen LogP contribution >= 0.6 is 0 Å². The summed E-state index contributed by atoms with van der Waals surface area (Å²) in [5.41, 5.74) is -0.230. The van der Waals surface area contributed by atoms with E-state index in [9.17, 15) is 25.4 Å². The summed E-state index contributed by atoms with van der Waals surface area (Å²) in [5.74, 6) is -0.000370. The first-order valence-electron chi connectivity index (χ1n) is 6.59. The van der Waals surface area contributed by atoms with E-state index in [-0.39, 0.29) is 17.2 Å². The van der Waals surface area contributed by atoms with Crippen LogP contribution in [-0.2, 0) is 4.74 Å². The number of nitro groups is 1. The van der Waals surface area contributed by atoms with Gasteiger partial charge in [0.05, 0.1) is 11.0 Å². The number of hydrogen-bond acceptors (Lipinski definition) is 8. The minimum absolute atomic E-state index is 0.000370. The standard InChI is InChI=1S/C12H14N4O6/c1-5-7(17)8(18)9(19)10(22-5)11-13-12-6(16(20)21)3-2-4-15(12)14-11/h2-5,7-10,17-19H,1H3/t5-,7+,8+,9+,10+/m0/s1. The van der Waals surface area contributed by atoms with Gasteiger partial charge in [-0.25, -0.2) is 9.50 Å². The van der Waals surface area contributed by atoms with Crippen molar-refractivity contribution in [1.82, 2.24) is 14.6 Å². The van der Waals surface area contributed by atoms with Crippen molar-refractivity contribution in [3.63, 3.8) is 0 Å². The molecule has 118 valence electrons. The van der Waals surface area contributed by atoms with Gasteiger partial charge in [0.15, 0.2) is 5.82 Å². The van der Waals surface area contributed by atoms with Crippen LogP contribution < -0.4 is 0 Å². The Hall–Kier alpha value is -2.14. The summed E-state index contributed by atoms with van der Waals surface area (Å²) in [7, 11) is 0. The van der Waals surface area contributed by atoms with Crippen LogP contribution in [0.2, 0.25) is 0 Å². The molecule has 1 fully saturated rings. The molecule has 0 aromatic carbocycles. The SMILES string of the molecule is C[C@@H]1O[C@@H](c2nc3c([N+](=O)[O-])cccn3n2)[C@H](O)[C@H](O)[C@@H]1O. The zero-order valence-electron chi connectivity index (χ0n) is 11.5. The fraction of sp³-hybridized carbons (Fsp3) is 0.500. The zero-order valence-corrected chi connectivity index (χ0v) is 11.5. The second-order valence-electron chi connectivity index (χ2n) is 5.12. The lowest BCUT2D eigenvalue weighted by Crippen LogP contribution is -2.53. The highest BCUT2D eigenvalue weighted by Crippen LogP contribution is 2.31. The molecule has 3 heterocycles. The third-order valence-corrected chi connectivity index (χ3v) is 3.66. The second-order valence-corrected chi connectivity index (χ2v) is 5.12. The first-order valence-corrected chi connectivity index (χ1v) is 6.59. The molecule has 10 heteroatoms. The summed E-state index contributed by atoms with van der Waals surface area (Å²) < 4.78 is 6.63. The smallest absolute Gasteiger partial charge is 0.313 e. The number of pyridine rings is 1. The lowest BCUT2D eigenvalue weighted by molar-refractivity contribution is -0.383. The van der Waals surface area contributed by atoms with E-state index in [1.807, 2.05) is 0 Å². The van der Waals surface area contributed by atoms with Gasteiger partial charge < -0.3 is 20.1 Å². The molecule has 22 heavy (non-hydrogen) atoms. The first-order chi connectivity index (χ1) is 10.4. The van der Waals surface area contributed by atoms with E-state index < -0.39 is 35.4 Å². The van der Waals surface area contributed by atoms with Gasteiger partial charge >= 0.3 is 5.69 Å². The summed E-state index contributed by atoms with van der Waals surface area (Å²) in [6, 6.07) is 2.73. The van der Waals surface area contributed by atoms with Gasteiger partial charge in [0.2, 0.25) is 5.65 Å². The summed E-state index contributed by atoms with van der Waals surface area (Å²) in [4.78, 5) is 14.4. The first kappa shape index (κ1) is 14.8. The Morgan fingerprint density at radius 1 is 1.32 bits per heavy atom. The minimum Gasteiger partial charge on any atom is -0.388 e. The predicted octanol–water partition coefficient (Wildman–Crippen LogP) is -0.820. The van der Waals surface area contributed by atoms with E-state index in [0.717, 1.165) is 0 Å². The minimum atomic E-state index is -1.44. The highest BCUT2D eigenvalue weighted by Gasteiger charge is 2.44. The molecular formula is C12H14N4O6. The van der Waals surface area contributed by atoms with Crippen molar-refractivity contribution >= 4 is 11.3 Å². The molecule has 0 spiro atoms. The van der Waals surface area contributed by atoms with Gasteiger partial charge in [0, 0.05) is 12.3 Å². The van der Waals surface area contributed by atoms with Crippen LogP contribution in [0.25, 0.3) is 5.65 Å². The predicted molar refractivity (Wildman–Crippen MR) is 70.9 cm³/mol. The van der Waals surface area contributed by atoms with E-state index >= 15 is 0 Å². The lowest BCUT2D eigenvalue weighted by Gasteiger charge is -2.38. The van der Waals surface area contributed by atoms with E-state index in [1.165, 1.54) is 29.8 Å². The van der Waals surface area contributed by atoms with Gasteiger partial charge in [0.25, 0.3) is 0 Å². The van der Waals surface area contributed by atoms with Crippen LogP contribution in [0.3, 0.4) is 0 Å². The number of aromatic nitrogens is 3. The van der Waals surface area contributed by atoms with E-state index in [4.69, 9.17) is 4.74 Å². The molecule has 2 aromatic rings. The monoisotopic (exact) mass is 310 g/mol. The van der Waals surface area contributed by atoms with Crippen molar-refractivity contribution in [2.24, 2.45) is 0 Å². The van der Waals surface area contributed by atoms with Gasteiger partial charge in [-0.3, -0.25) is 10.1 Å². The Bertz CT molecular complexity index is 719. The van der Waals surface area contributed by atoms with E-state index in [2.05, 4.69) is 10.1 Å². The molecule has 2 aromatic heterocycles. The molecule has 1 aliphatic heterocycles. The third-order valence-electron chi connectivity index (χ3n) is 3.66. The number of rotatable bonds is 2. The van der Waals surface area contributed by atoms with Crippen molar-refractivity contribution in [2.45, 2.75) is 37.4 Å². The largest absolute Gasteiger partial charge is 0.388 e. The van der Waals surface area contributed by atoms with E-state index in [1.54, 1.807) is 0 Å². The summed E-state index contributed by atoms with van der Waals surface area (Å²) >= 11 is 0. The van der Waals surface area contributed by atoms with Crippen LogP contribution in [0.15, 0.2) is 18.3 Å². The van der Waals surface area contributed by atoms with Crippen molar-refractivity contribution in [1.29, 1.82) is 0 Å². The Labute approximate surface area is 123 Å². The summed E-state index contributed by atoms with van der Waals surface area (Å²) in [5, 5.41) is 44.5. The number of ether oxygens (including phenoxy) is 1. The molecule has 1 saturated heterocycles. The molecule has 0 bridgehead atoms. The Balaban J connectivity index is 2.03. The van der Waals surface area contributed by atoms with Crippen molar-refractivity contribution < 1.29 is 25.0 Å². The normalized spacial score (nSPS) is 32.3. The Morgan fingerprint density at radius 3 is 2.73 bits per heavy atom. The number of aliphatic hydroxyl groups is 3. The zero-order chi connectivity index (χ0) is 16.0. The number of nitrogens with zero attached hydrogens (tertiary/aromatic N) is 4. The number of fused-ring (bicyclic) bond motifs is 1.